The van der Waals surface area contributed by atoms with Gasteiger partial charge in [0.05, 0.1) is 4.47 Å². The van der Waals surface area contributed by atoms with Crippen LogP contribution >= 0.6 is 27.5 Å². The monoisotopic (exact) mass is 326 g/mol. The summed E-state index contributed by atoms with van der Waals surface area (Å²) >= 11 is 9.21. The quantitative estimate of drug-likeness (QED) is 0.810. The van der Waals surface area contributed by atoms with E-state index in [9.17, 15) is 0 Å². The number of pyridine rings is 1. The first-order chi connectivity index (χ1) is 8.66. The molecule has 0 aliphatic carbocycles. The highest BCUT2D eigenvalue weighted by molar-refractivity contribution is 9.10. The molecule has 0 fully saturated rings. The molecule has 2 aromatic heterocycles. The first-order valence-electron chi connectivity index (χ1n) is 5.46. The topological polar surface area (TPSA) is 41.9 Å². The first kappa shape index (κ1) is 13.2. The Morgan fingerprint density at radius 1 is 1.33 bits per heavy atom. The van der Waals surface area contributed by atoms with Gasteiger partial charge < -0.3 is 4.90 Å². The van der Waals surface area contributed by atoms with Gasteiger partial charge in [-0.1, -0.05) is 6.07 Å². The Morgan fingerprint density at radius 3 is 2.89 bits per heavy atom. The molecule has 0 atom stereocenters. The zero-order chi connectivity index (χ0) is 13.0. The minimum absolute atomic E-state index is 0.248. The van der Waals surface area contributed by atoms with Crippen LogP contribution < -0.4 is 4.90 Å². The average molecular weight is 328 g/mol. The van der Waals surface area contributed by atoms with Crippen LogP contribution in [-0.2, 0) is 6.42 Å². The van der Waals surface area contributed by atoms with Crippen molar-refractivity contribution in [3.8, 4) is 0 Å². The Bertz CT molecular complexity index is 521. The SMILES string of the molecule is CN(CCc1ccccn1)c1nc(Cl)ncc1Br. The van der Waals surface area contributed by atoms with Crippen LogP contribution in [0.15, 0.2) is 35.1 Å². The van der Waals surface area contributed by atoms with E-state index in [1.807, 2.05) is 30.1 Å². The molecule has 0 N–H and O–H groups in total. The van der Waals surface area contributed by atoms with Crippen molar-refractivity contribution in [2.24, 2.45) is 0 Å². The molecule has 2 heterocycles. The fourth-order valence-corrected chi connectivity index (χ4v) is 2.16. The molecular weight excluding hydrogens is 316 g/mol. The standard InChI is InChI=1S/C12H12BrClN4/c1-18(7-5-9-4-2-3-6-15-9)11-10(13)8-16-12(14)17-11/h2-4,6,8H,5,7H2,1H3. The Hall–Kier alpha value is -1.20. The molecule has 0 amide bonds. The third-order valence-electron chi connectivity index (χ3n) is 2.49. The van der Waals surface area contributed by atoms with Crippen molar-refractivity contribution >= 4 is 33.3 Å². The minimum atomic E-state index is 0.248. The Labute approximate surface area is 119 Å². The van der Waals surface area contributed by atoms with Crippen molar-refractivity contribution < 1.29 is 0 Å². The number of halogens is 2. The Kier molecular flexibility index (Phi) is 4.49. The summed E-state index contributed by atoms with van der Waals surface area (Å²) in [5.41, 5.74) is 1.06. The highest BCUT2D eigenvalue weighted by Crippen LogP contribution is 2.23. The summed E-state index contributed by atoms with van der Waals surface area (Å²) in [6.07, 6.45) is 4.31. The Balaban J connectivity index is 2.03. The van der Waals surface area contributed by atoms with Gasteiger partial charge in [0.1, 0.15) is 5.82 Å². The number of hydrogen-bond acceptors (Lipinski definition) is 4. The maximum atomic E-state index is 5.80. The lowest BCUT2D eigenvalue weighted by Crippen LogP contribution is -2.22. The van der Waals surface area contributed by atoms with Gasteiger partial charge in [0.25, 0.3) is 0 Å². The lowest BCUT2D eigenvalue weighted by atomic mass is 10.2. The maximum Gasteiger partial charge on any atom is 0.224 e. The molecule has 0 aromatic carbocycles. The molecule has 0 saturated heterocycles. The summed E-state index contributed by atoms with van der Waals surface area (Å²) in [7, 11) is 1.96. The number of aromatic nitrogens is 3. The van der Waals surface area contributed by atoms with E-state index in [4.69, 9.17) is 11.6 Å². The summed E-state index contributed by atoms with van der Waals surface area (Å²) in [6.45, 7) is 0.808. The predicted molar refractivity (Wildman–Crippen MR) is 76.0 cm³/mol. The molecule has 18 heavy (non-hydrogen) atoms. The number of anilines is 1. The van der Waals surface area contributed by atoms with E-state index in [0.717, 1.165) is 29.0 Å². The summed E-state index contributed by atoms with van der Waals surface area (Å²) in [5.74, 6) is 0.783. The number of nitrogens with zero attached hydrogens (tertiary/aromatic N) is 4. The molecule has 6 heteroatoms. The summed E-state index contributed by atoms with van der Waals surface area (Å²) in [6, 6.07) is 5.91. The molecule has 0 unspecified atom stereocenters. The van der Waals surface area contributed by atoms with Crippen LogP contribution in [0.2, 0.25) is 5.28 Å². The smallest absolute Gasteiger partial charge is 0.224 e. The third-order valence-corrected chi connectivity index (χ3v) is 3.23. The average Bonchev–Trinajstić information content (AvgIpc) is 2.40. The van der Waals surface area contributed by atoms with Gasteiger partial charge in [-0.2, -0.15) is 4.98 Å². The van der Waals surface area contributed by atoms with Crippen LogP contribution in [0.1, 0.15) is 5.69 Å². The van der Waals surface area contributed by atoms with Crippen molar-refractivity contribution in [3.05, 3.63) is 46.0 Å². The van der Waals surface area contributed by atoms with Gasteiger partial charge in [0, 0.05) is 38.1 Å². The van der Waals surface area contributed by atoms with Crippen LogP contribution in [0, 0.1) is 0 Å². The van der Waals surface area contributed by atoms with Crippen LogP contribution in [0.3, 0.4) is 0 Å². The number of hydrogen-bond donors (Lipinski definition) is 0. The van der Waals surface area contributed by atoms with E-state index < -0.39 is 0 Å². The van der Waals surface area contributed by atoms with Gasteiger partial charge in [-0.25, -0.2) is 4.98 Å². The van der Waals surface area contributed by atoms with Crippen LogP contribution in [-0.4, -0.2) is 28.5 Å². The maximum absolute atomic E-state index is 5.80. The van der Waals surface area contributed by atoms with Gasteiger partial charge >= 0.3 is 0 Å². The molecule has 94 valence electrons. The van der Waals surface area contributed by atoms with E-state index in [0.29, 0.717) is 0 Å². The largest absolute Gasteiger partial charge is 0.358 e. The molecule has 4 nitrogen and oxygen atoms in total. The highest BCUT2D eigenvalue weighted by Gasteiger charge is 2.09. The predicted octanol–water partition coefficient (Wildman–Crippen LogP) is 2.97. The summed E-state index contributed by atoms with van der Waals surface area (Å²) in [4.78, 5) is 14.4. The second-order valence-electron chi connectivity index (χ2n) is 3.80. The summed E-state index contributed by atoms with van der Waals surface area (Å²) in [5, 5.41) is 0.248. The molecular formula is C12H12BrClN4. The van der Waals surface area contributed by atoms with E-state index in [1.165, 1.54) is 0 Å². The molecule has 0 saturated carbocycles. The molecule has 0 aliphatic rings. The second-order valence-corrected chi connectivity index (χ2v) is 5.00. The Morgan fingerprint density at radius 2 is 2.17 bits per heavy atom. The van der Waals surface area contributed by atoms with Crippen molar-refractivity contribution in [3.63, 3.8) is 0 Å². The zero-order valence-corrected chi connectivity index (χ0v) is 12.2. The van der Waals surface area contributed by atoms with Crippen LogP contribution in [0.25, 0.3) is 0 Å². The normalized spacial score (nSPS) is 10.4. The van der Waals surface area contributed by atoms with Crippen molar-refractivity contribution in [1.82, 2.24) is 15.0 Å². The van der Waals surface area contributed by atoms with Gasteiger partial charge in [0.15, 0.2) is 0 Å². The van der Waals surface area contributed by atoms with Crippen molar-refractivity contribution in [2.75, 3.05) is 18.5 Å². The molecule has 0 radical (unpaired) electrons. The summed E-state index contributed by atoms with van der Waals surface area (Å²) < 4.78 is 0.829. The van der Waals surface area contributed by atoms with Crippen molar-refractivity contribution in [1.29, 1.82) is 0 Å². The molecule has 2 aromatic rings. The molecule has 0 bridgehead atoms. The van der Waals surface area contributed by atoms with Gasteiger partial charge in [-0.05, 0) is 39.7 Å². The molecule has 0 aliphatic heterocycles. The van der Waals surface area contributed by atoms with E-state index >= 15 is 0 Å². The fourth-order valence-electron chi connectivity index (χ4n) is 1.54. The van der Waals surface area contributed by atoms with E-state index in [-0.39, 0.29) is 5.28 Å². The van der Waals surface area contributed by atoms with Gasteiger partial charge in [-0.15, -0.1) is 0 Å². The highest BCUT2D eigenvalue weighted by atomic mass is 79.9. The minimum Gasteiger partial charge on any atom is -0.358 e. The third kappa shape index (κ3) is 3.40. The first-order valence-corrected chi connectivity index (χ1v) is 6.63. The van der Waals surface area contributed by atoms with Crippen LogP contribution in [0.4, 0.5) is 5.82 Å². The fraction of sp³-hybridized carbons (Fsp3) is 0.250. The number of rotatable bonds is 4. The van der Waals surface area contributed by atoms with E-state index in [1.54, 1.807) is 12.4 Å². The zero-order valence-electron chi connectivity index (χ0n) is 9.85. The molecule has 0 spiro atoms. The lowest BCUT2D eigenvalue weighted by Gasteiger charge is -2.18. The second kappa shape index (κ2) is 6.11. The van der Waals surface area contributed by atoms with Crippen LogP contribution in [0.5, 0.6) is 0 Å². The van der Waals surface area contributed by atoms with Gasteiger partial charge in [-0.3, -0.25) is 4.98 Å². The van der Waals surface area contributed by atoms with Crippen molar-refractivity contribution in [2.45, 2.75) is 6.42 Å². The number of likely N-dealkylation sites (N-methyl/N-ethyl adjacent to an activating group) is 1. The molecule has 2 rings (SSSR count). The lowest BCUT2D eigenvalue weighted by molar-refractivity contribution is 0.833. The van der Waals surface area contributed by atoms with Gasteiger partial charge in [0.2, 0.25) is 5.28 Å². The van der Waals surface area contributed by atoms with E-state index in [2.05, 4.69) is 30.9 Å².